The van der Waals surface area contributed by atoms with Gasteiger partial charge in [-0.15, -0.1) is 0 Å². The second kappa shape index (κ2) is 6.56. The molecule has 2 rings (SSSR count). The maximum absolute atomic E-state index is 10.4. The van der Waals surface area contributed by atoms with Gasteiger partial charge in [-0.05, 0) is 48.9 Å². The molecule has 0 aromatic heterocycles. The Morgan fingerprint density at radius 2 is 1.67 bits per heavy atom. The molecule has 1 N–H and O–H groups in total. The van der Waals surface area contributed by atoms with Gasteiger partial charge in [-0.2, -0.15) is 0 Å². The van der Waals surface area contributed by atoms with E-state index in [4.69, 9.17) is 32.7 Å². The van der Waals surface area contributed by atoms with Crippen LogP contribution in [0, 0.1) is 6.92 Å². The average molecular weight is 326 g/mol. The molecule has 0 bridgehead atoms. The minimum atomic E-state index is -1.42. The van der Waals surface area contributed by atoms with Gasteiger partial charge in [0.15, 0.2) is 0 Å². The molecule has 5 heteroatoms. The van der Waals surface area contributed by atoms with Gasteiger partial charge in [0.05, 0.1) is 17.2 Å². The number of methoxy groups -OCH3 is 1. The van der Waals surface area contributed by atoms with Crippen molar-refractivity contribution < 1.29 is 14.6 Å². The number of ether oxygens (including phenoxy) is 2. The van der Waals surface area contributed by atoms with Gasteiger partial charge >= 0.3 is 0 Å². The quantitative estimate of drug-likeness (QED) is 0.899. The summed E-state index contributed by atoms with van der Waals surface area (Å²) in [6.45, 7) is 3.75. The molecule has 0 fully saturated rings. The van der Waals surface area contributed by atoms with E-state index in [1.807, 2.05) is 0 Å². The lowest BCUT2D eigenvalue weighted by molar-refractivity contribution is 0.0320. The summed E-state index contributed by atoms with van der Waals surface area (Å²) in [6, 6.07) is 11.9. The molecule has 2 aromatic carbocycles. The van der Waals surface area contributed by atoms with E-state index in [1.54, 1.807) is 49.6 Å². The van der Waals surface area contributed by atoms with Crippen molar-refractivity contribution in [1.82, 2.24) is 0 Å². The molecule has 0 saturated heterocycles. The van der Waals surface area contributed by atoms with Crippen LogP contribution in [0.5, 0.6) is 11.5 Å². The first-order chi connectivity index (χ1) is 9.92. The predicted molar refractivity (Wildman–Crippen MR) is 84.2 cm³/mol. The Balaban J connectivity index is 2.07. The fourth-order valence-corrected chi connectivity index (χ4v) is 2.04. The van der Waals surface area contributed by atoms with Gasteiger partial charge in [0.1, 0.15) is 23.7 Å². The van der Waals surface area contributed by atoms with E-state index >= 15 is 0 Å². The zero-order valence-corrected chi connectivity index (χ0v) is 13.0. The minimum Gasteiger partial charge on any atom is -0.497 e. The Bertz CT molecular complexity index is 609. The molecule has 0 spiro atoms. The SMILES string of the molecule is [CH2]C(O)(COc1ccc(OC)cc1)c1ccc(Cl)c(Cl)c1. The highest BCUT2D eigenvalue weighted by Gasteiger charge is 2.25. The minimum absolute atomic E-state index is 0.0166. The zero-order chi connectivity index (χ0) is 15.5. The smallest absolute Gasteiger partial charge is 0.124 e. The van der Waals surface area contributed by atoms with Crippen LogP contribution in [0.15, 0.2) is 42.5 Å². The second-order valence-electron chi connectivity index (χ2n) is 4.62. The van der Waals surface area contributed by atoms with E-state index in [0.717, 1.165) is 5.75 Å². The summed E-state index contributed by atoms with van der Waals surface area (Å²) < 4.78 is 10.6. The van der Waals surface area contributed by atoms with Crippen molar-refractivity contribution in [2.24, 2.45) is 0 Å². The molecule has 0 amide bonds. The lowest BCUT2D eigenvalue weighted by Crippen LogP contribution is -2.29. The third-order valence-electron chi connectivity index (χ3n) is 2.99. The first-order valence-corrected chi connectivity index (χ1v) is 6.98. The monoisotopic (exact) mass is 325 g/mol. The van der Waals surface area contributed by atoms with Crippen molar-refractivity contribution in [1.29, 1.82) is 0 Å². The number of hydrogen-bond donors (Lipinski definition) is 1. The topological polar surface area (TPSA) is 38.7 Å². The van der Waals surface area contributed by atoms with E-state index in [-0.39, 0.29) is 6.61 Å². The lowest BCUT2D eigenvalue weighted by atomic mass is 9.97. The zero-order valence-electron chi connectivity index (χ0n) is 11.5. The molecule has 3 nitrogen and oxygen atoms in total. The summed E-state index contributed by atoms with van der Waals surface area (Å²) in [5.41, 5.74) is -0.890. The number of halogens is 2. The van der Waals surface area contributed by atoms with Gasteiger partial charge in [-0.1, -0.05) is 29.3 Å². The van der Waals surface area contributed by atoms with Crippen LogP contribution in [-0.4, -0.2) is 18.8 Å². The van der Waals surface area contributed by atoms with Crippen molar-refractivity contribution in [3.05, 3.63) is 65.0 Å². The average Bonchev–Trinajstić information content (AvgIpc) is 2.48. The Hall–Kier alpha value is -1.42. The largest absolute Gasteiger partial charge is 0.497 e. The number of benzene rings is 2. The summed E-state index contributed by atoms with van der Waals surface area (Å²) in [7, 11) is 1.59. The predicted octanol–water partition coefficient (Wildman–Crippen LogP) is 4.10. The standard InChI is InChI=1S/C16H15Cl2O3/c1-16(19,11-3-8-14(17)15(18)9-11)10-21-13-6-4-12(20-2)5-7-13/h3-9,19H,1,10H2,2H3. The highest BCUT2D eigenvalue weighted by molar-refractivity contribution is 6.42. The maximum atomic E-state index is 10.4. The fraction of sp³-hybridized carbons (Fsp3) is 0.188. The van der Waals surface area contributed by atoms with Crippen molar-refractivity contribution >= 4 is 23.2 Å². The number of hydrogen-bond acceptors (Lipinski definition) is 3. The normalized spacial score (nSPS) is 13.6. The lowest BCUT2D eigenvalue weighted by Gasteiger charge is -2.24. The molecule has 1 radical (unpaired) electrons. The van der Waals surface area contributed by atoms with Crippen LogP contribution in [0.2, 0.25) is 10.0 Å². The highest BCUT2D eigenvalue weighted by Crippen LogP contribution is 2.29. The molecule has 2 aromatic rings. The van der Waals surface area contributed by atoms with Gasteiger partial charge in [0, 0.05) is 0 Å². The van der Waals surface area contributed by atoms with Gasteiger partial charge in [0.2, 0.25) is 0 Å². The van der Waals surface area contributed by atoms with Gasteiger partial charge in [-0.25, -0.2) is 0 Å². The van der Waals surface area contributed by atoms with Crippen molar-refractivity contribution in [2.75, 3.05) is 13.7 Å². The Kier molecular flexibility index (Phi) is 4.99. The Morgan fingerprint density at radius 3 is 2.24 bits per heavy atom. The van der Waals surface area contributed by atoms with Crippen molar-refractivity contribution in [3.63, 3.8) is 0 Å². The maximum Gasteiger partial charge on any atom is 0.124 e. The molecule has 0 aliphatic carbocycles. The van der Waals surface area contributed by atoms with Crippen LogP contribution in [0.25, 0.3) is 0 Å². The molecular formula is C16H15Cl2O3. The van der Waals surface area contributed by atoms with Gasteiger partial charge in [0.25, 0.3) is 0 Å². The van der Waals surface area contributed by atoms with Gasteiger partial charge in [-0.3, -0.25) is 0 Å². The summed E-state index contributed by atoms with van der Waals surface area (Å²) in [6.07, 6.45) is 0. The summed E-state index contributed by atoms with van der Waals surface area (Å²) in [5.74, 6) is 1.34. The summed E-state index contributed by atoms with van der Waals surface area (Å²) in [4.78, 5) is 0. The van der Waals surface area contributed by atoms with Crippen LogP contribution in [0.1, 0.15) is 5.56 Å². The van der Waals surface area contributed by atoms with Gasteiger partial charge < -0.3 is 14.6 Å². The number of aliphatic hydroxyl groups is 1. The third-order valence-corrected chi connectivity index (χ3v) is 3.73. The molecule has 0 heterocycles. The van der Waals surface area contributed by atoms with E-state index < -0.39 is 5.60 Å². The van der Waals surface area contributed by atoms with Crippen LogP contribution in [-0.2, 0) is 5.60 Å². The first-order valence-electron chi connectivity index (χ1n) is 6.22. The first kappa shape index (κ1) is 16.0. The van der Waals surface area contributed by atoms with Crippen LogP contribution in [0.4, 0.5) is 0 Å². The molecule has 0 aliphatic heterocycles. The van der Waals surface area contributed by atoms with Crippen molar-refractivity contribution in [3.8, 4) is 11.5 Å². The van der Waals surface area contributed by atoms with E-state index in [2.05, 4.69) is 6.92 Å². The molecular weight excluding hydrogens is 311 g/mol. The highest BCUT2D eigenvalue weighted by atomic mass is 35.5. The molecule has 0 saturated carbocycles. The Labute approximate surface area is 134 Å². The summed E-state index contributed by atoms with van der Waals surface area (Å²) in [5, 5.41) is 11.2. The van der Waals surface area contributed by atoms with E-state index in [0.29, 0.717) is 21.4 Å². The molecule has 0 aliphatic rings. The molecule has 111 valence electrons. The molecule has 1 atom stereocenters. The van der Waals surface area contributed by atoms with Crippen molar-refractivity contribution in [2.45, 2.75) is 5.60 Å². The Morgan fingerprint density at radius 1 is 1.05 bits per heavy atom. The summed E-state index contributed by atoms with van der Waals surface area (Å²) >= 11 is 11.8. The second-order valence-corrected chi connectivity index (χ2v) is 5.44. The fourth-order valence-electron chi connectivity index (χ4n) is 1.74. The van der Waals surface area contributed by atoms with E-state index in [9.17, 15) is 5.11 Å². The molecule has 1 unspecified atom stereocenters. The van der Waals surface area contributed by atoms with Crippen LogP contribution in [0.3, 0.4) is 0 Å². The van der Waals surface area contributed by atoms with Crippen LogP contribution < -0.4 is 9.47 Å². The van der Waals surface area contributed by atoms with E-state index in [1.165, 1.54) is 0 Å². The molecule has 21 heavy (non-hydrogen) atoms. The van der Waals surface area contributed by atoms with Crippen LogP contribution >= 0.6 is 23.2 Å². The third kappa shape index (κ3) is 4.03. The number of rotatable bonds is 5.